The minimum atomic E-state index is -0.226. The maximum atomic E-state index is 12.5. The van der Waals surface area contributed by atoms with Crippen LogP contribution in [0.5, 0.6) is 11.6 Å². The Labute approximate surface area is 190 Å². The maximum Gasteiger partial charge on any atom is 0.255 e. The third-order valence-corrected chi connectivity index (χ3v) is 4.68. The standard InChI is InChI=1S/C25H21N5O3/c1-16(31)29-20-8-5-9-21(14-20)33-25-22(23(26)27-15-28-25)17-10-12-18(13-11-17)24(32)30-19-6-3-2-4-7-19/h2-15H,1H3,(H,29,31)(H,30,32)(H2,26,27,28). The summed E-state index contributed by atoms with van der Waals surface area (Å²) in [4.78, 5) is 32.2. The Hall–Kier alpha value is -4.72. The van der Waals surface area contributed by atoms with Crippen LogP contribution in [0.15, 0.2) is 85.2 Å². The van der Waals surface area contributed by atoms with Crippen LogP contribution in [-0.2, 0) is 4.79 Å². The molecule has 0 radical (unpaired) electrons. The molecule has 4 N–H and O–H groups in total. The molecule has 33 heavy (non-hydrogen) atoms. The van der Waals surface area contributed by atoms with E-state index in [2.05, 4.69) is 20.6 Å². The third kappa shape index (κ3) is 5.31. The maximum absolute atomic E-state index is 12.5. The summed E-state index contributed by atoms with van der Waals surface area (Å²) < 4.78 is 5.96. The Morgan fingerprint density at radius 2 is 1.58 bits per heavy atom. The van der Waals surface area contributed by atoms with Gasteiger partial charge in [-0.25, -0.2) is 9.97 Å². The van der Waals surface area contributed by atoms with Gasteiger partial charge in [0.2, 0.25) is 11.8 Å². The largest absolute Gasteiger partial charge is 0.438 e. The van der Waals surface area contributed by atoms with Gasteiger partial charge in [-0.15, -0.1) is 0 Å². The van der Waals surface area contributed by atoms with Crippen LogP contribution in [0.3, 0.4) is 0 Å². The Morgan fingerprint density at radius 3 is 2.30 bits per heavy atom. The second kappa shape index (κ2) is 9.61. The number of amides is 2. The smallest absolute Gasteiger partial charge is 0.255 e. The first-order valence-electron chi connectivity index (χ1n) is 10.1. The number of anilines is 3. The summed E-state index contributed by atoms with van der Waals surface area (Å²) >= 11 is 0. The zero-order valence-corrected chi connectivity index (χ0v) is 17.8. The van der Waals surface area contributed by atoms with Crippen molar-refractivity contribution in [1.82, 2.24) is 9.97 Å². The highest BCUT2D eigenvalue weighted by molar-refractivity contribution is 6.04. The van der Waals surface area contributed by atoms with E-state index in [-0.39, 0.29) is 23.5 Å². The molecule has 3 aromatic carbocycles. The van der Waals surface area contributed by atoms with Gasteiger partial charge in [-0.3, -0.25) is 9.59 Å². The molecule has 0 unspecified atom stereocenters. The van der Waals surface area contributed by atoms with Crippen LogP contribution in [0.2, 0.25) is 0 Å². The number of hydrogen-bond acceptors (Lipinski definition) is 6. The van der Waals surface area contributed by atoms with Gasteiger partial charge in [-0.1, -0.05) is 36.4 Å². The number of nitrogens with zero attached hydrogens (tertiary/aromatic N) is 2. The number of ether oxygens (including phenoxy) is 1. The molecular weight excluding hydrogens is 418 g/mol. The molecule has 4 rings (SSSR count). The number of carbonyl (C=O) groups is 2. The zero-order valence-electron chi connectivity index (χ0n) is 17.8. The summed E-state index contributed by atoms with van der Waals surface area (Å²) in [6.45, 7) is 1.43. The molecular formula is C25H21N5O3. The molecule has 8 nitrogen and oxygen atoms in total. The van der Waals surface area contributed by atoms with Gasteiger partial charge in [0, 0.05) is 29.9 Å². The Morgan fingerprint density at radius 1 is 0.848 bits per heavy atom. The van der Waals surface area contributed by atoms with Crippen molar-refractivity contribution in [3.05, 3.63) is 90.8 Å². The fraction of sp³-hybridized carbons (Fsp3) is 0.0400. The summed E-state index contributed by atoms with van der Waals surface area (Å²) in [6.07, 6.45) is 1.31. The summed E-state index contributed by atoms with van der Waals surface area (Å²) in [7, 11) is 0. The van der Waals surface area contributed by atoms with E-state index in [1.807, 2.05) is 30.3 Å². The van der Waals surface area contributed by atoms with Crippen LogP contribution in [-0.4, -0.2) is 21.8 Å². The average Bonchev–Trinajstić information content (AvgIpc) is 2.80. The summed E-state index contributed by atoms with van der Waals surface area (Å²) in [5.74, 6) is 0.551. The molecule has 0 atom stereocenters. The molecule has 1 heterocycles. The number of rotatable bonds is 6. The summed E-state index contributed by atoms with van der Waals surface area (Å²) in [5, 5.41) is 5.56. The van der Waals surface area contributed by atoms with Crippen molar-refractivity contribution in [3.8, 4) is 22.8 Å². The number of hydrogen-bond donors (Lipinski definition) is 3. The lowest BCUT2D eigenvalue weighted by Gasteiger charge is -2.13. The molecule has 4 aromatic rings. The highest BCUT2D eigenvalue weighted by atomic mass is 16.5. The number of nitrogens with one attached hydrogen (secondary N) is 2. The SMILES string of the molecule is CC(=O)Nc1cccc(Oc2ncnc(N)c2-c2ccc(C(=O)Nc3ccccc3)cc2)c1. The molecule has 164 valence electrons. The van der Waals surface area contributed by atoms with Crippen LogP contribution in [0, 0.1) is 0 Å². The molecule has 0 aliphatic heterocycles. The van der Waals surface area contributed by atoms with Crippen molar-refractivity contribution in [2.24, 2.45) is 0 Å². The first-order valence-corrected chi connectivity index (χ1v) is 10.1. The molecule has 0 aliphatic carbocycles. The lowest BCUT2D eigenvalue weighted by atomic mass is 10.0. The Bertz CT molecular complexity index is 1290. The summed E-state index contributed by atoms with van der Waals surface area (Å²) in [6, 6.07) is 23.1. The Balaban J connectivity index is 1.58. The second-order valence-electron chi connectivity index (χ2n) is 7.15. The van der Waals surface area contributed by atoms with E-state index in [9.17, 15) is 9.59 Å². The average molecular weight is 439 g/mol. The molecule has 0 fully saturated rings. The van der Waals surface area contributed by atoms with E-state index in [1.54, 1.807) is 48.5 Å². The van der Waals surface area contributed by atoms with E-state index < -0.39 is 0 Å². The van der Waals surface area contributed by atoms with Gasteiger partial charge in [0.1, 0.15) is 17.9 Å². The van der Waals surface area contributed by atoms with E-state index in [0.717, 1.165) is 0 Å². The van der Waals surface area contributed by atoms with E-state index in [1.165, 1.54) is 13.3 Å². The van der Waals surface area contributed by atoms with E-state index in [4.69, 9.17) is 10.5 Å². The van der Waals surface area contributed by atoms with Gasteiger partial charge in [0.15, 0.2) is 0 Å². The fourth-order valence-corrected chi connectivity index (χ4v) is 3.20. The van der Waals surface area contributed by atoms with Crippen LogP contribution < -0.4 is 21.1 Å². The lowest BCUT2D eigenvalue weighted by Crippen LogP contribution is -2.11. The van der Waals surface area contributed by atoms with Crippen LogP contribution >= 0.6 is 0 Å². The van der Waals surface area contributed by atoms with Crippen molar-refractivity contribution in [3.63, 3.8) is 0 Å². The van der Waals surface area contributed by atoms with E-state index in [0.29, 0.717) is 33.8 Å². The Kier molecular flexibility index (Phi) is 6.26. The molecule has 0 spiro atoms. The van der Waals surface area contributed by atoms with Crippen molar-refractivity contribution < 1.29 is 14.3 Å². The molecule has 0 saturated heterocycles. The third-order valence-electron chi connectivity index (χ3n) is 4.68. The van der Waals surface area contributed by atoms with Gasteiger partial charge < -0.3 is 21.1 Å². The lowest BCUT2D eigenvalue weighted by molar-refractivity contribution is -0.114. The first-order chi connectivity index (χ1) is 16.0. The first kappa shape index (κ1) is 21.5. The highest BCUT2D eigenvalue weighted by Crippen LogP contribution is 2.35. The second-order valence-corrected chi connectivity index (χ2v) is 7.15. The van der Waals surface area contributed by atoms with E-state index >= 15 is 0 Å². The van der Waals surface area contributed by atoms with Gasteiger partial charge in [0.05, 0.1) is 5.56 Å². The number of nitrogen functional groups attached to an aromatic ring is 1. The van der Waals surface area contributed by atoms with Gasteiger partial charge in [0.25, 0.3) is 5.91 Å². The normalized spacial score (nSPS) is 10.3. The molecule has 0 bridgehead atoms. The molecule has 1 aromatic heterocycles. The van der Waals surface area contributed by atoms with Gasteiger partial charge in [-0.05, 0) is 42.0 Å². The fourth-order valence-electron chi connectivity index (χ4n) is 3.20. The zero-order chi connectivity index (χ0) is 23.2. The predicted octanol–water partition coefficient (Wildman–Crippen LogP) is 4.73. The number of benzene rings is 3. The van der Waals surface area contributed by atoms with Crippen molar-refractivity contribution in [1.29, 1.82) is 0 Å². The predicted molar refractivity (Wildman–Crippen MR) is 127 cm³/mol. The molecule has 0 aliphatic rings. The monoisotopic (exact) mass is 439 g/mol. The molecule has 2 amide bonds. The van der Waals surface area contributed by atoms with Crippen LogP contribution in [0.1, 0.15) is 17.3 Å². The number of aromatic nitrogens is 2. The van der Waals surface area contributed by atoms with Crippen LogP contribution in [0.4, 0.5) is 17.2 Å². The minimum Gasteiger partial charge on any atom is -0.438 e. The summed E-state index contributed by atoms with van der Waals surface area (Å²) in [5.41, 5.74) is 9.12. The van der Waals surface area contributed by atoms with Crippen molar-refractivity contribution >= 4 is 29.0 Å². The van der Waals surface area contributed by atoms with Gasteiger partial charge in [-0.2, -0.15) is 0 Å². The van der Waals surface area contributed by atoms with Crippen LogP contribution in [0.25, 0.3) is 11.1 Å². The number of nitrogens with two attached hydrogens (primary N) is 1. The number of para-hydroxylation sites is 1. The number of carbonyl (C=O) groups excluding carboxylic acids is 2. The minimum absolute atomic E-state index is 0.185. The van der Waals surface area contributed by atoms with Gasteiger partial charge >= 0.3 is 0 Å². The van der Waals surface area contributed by atoms with Crippen molar-refractivity contribution in [2.75, 3.05) is 16.4 Å². The molecule has 8 heteroatoms. The van der Waals surface area contributed by atoms with Crippen molar-refractivity contribution in [2.45, 2.75) is 6.92 Å². The highest BCUT2D eigenvalue weighted by Gasteiger charge is 2.15. The quantitative estimate of drug-likeness (QED) is 0.400. The topological polar surface area (TPSA) is 119 Å². The molecule has 0 saturated carbocycles.